The molecule has 11 atom stereocenters. The van der Waals surface area contributed by atoms with E-state index >= 15 is 4.79 Å². The molecule has 2 saturated heterocycles. The summed E-state index contributed by atoms with van der Waals surface area (Å²) in [5.41, 5.74) is -0.108. The van der Waals surface area contributed by atoms with Gasteiger partial charge >= 0.3 is 11.9 Å². The third kappa shape index (κ3) is 5.16. The first-order valence-corrected chi connectivity index (χ1v) is 20.8. The van der Waals surface area contributed by atoms with Crippen LogP contribution in [-0.2, 0) is 30.9 Å². The summed E-state index contributed by atoms with van der Waals surface area (Å²) in [6, 6.07) is 11.3. The van der Waals surface area contributed by atoms with Gasteiger partial charge in [0.15, 0.2) is 0 Å². The Bertz CT molecular complexity index is 2140. The lowest BCUT2D eigenvalue weighted by Gasteiger charge is -2.68. The predicted molar refractivity (Wildman–Crippen MR) is 215 cm³/mol. The van der Waals surface area contributed by atoms with E-state index in [4.69, 9.17) is 14.2 Å². The van der Waals surface area contributed by atoms with E-state index in [9.17, 15) is 20.1 Å². The lowest BCUT2D eigenvalue weighted by atomic mass is 9.48. The Hall–Kier alpha value is -3.94. The third-order valence-corrected chi connectivity index (χ3v) is 15.5. The van der Waals surface area contributed by atoms with E-state index in [1.54, 1.807) is 7.11 Å². The highest BCUT2D eigenvalue weighted by atomic mass is 16.5. The summed E-state index contributed by atoms with van der Waals surface area (Å²) in [5.74, 6) is -1.24. The monoisotopic (exact) mass is 782 g/mol. The van der Waals surface area contributed by atoms with Gasteiger partial charge in [-0.05, 0) is 80.2 Å². The minimum atomic E-state index is -2.24. The number of aliphatic hydroxyl groups is 3. The zero-order chi connectivity index (χ0) is 40.2. The number of likely N-dealkylation sites (N-methyl/N-ethyl adjacent to an activating group) is 1. The lowest BCUT2D eigenvalue weighted by molar-refractivity contribution is -0.230. The van der Waals surface area contributed by atoms with Gasteiger partial charge in [-0.1, -0.05) is 44.2 Å². The summed E-state index contributed by atoms with van der Waals surface area (Å²) >= 11 is 0. The number of H-pyrrole nitrogens is 1. The number of aliphatic hydroxyl groups excluding tert-OH is 1. The molecule has 2 bridgehead atoms. The maximum absolute atomic E-state index is 15.2. The molecular formula is C45H58N4O8. The molecule has 6 heterocycles. The summed E-state index contributed by atoms with van der Waals surface area (Å²) in [7, 11) is 6.21. The van der Waals surface area contributed by atoms with Gasteiger partial charge in [0.25, 0.3) is 0 Å². The molecule has 0 amide bonds. The van der Waals surface area contributed by atoms with Crippen molar-refractivity contribution in [1.82, 2.24) is 14.8 Å². The van der Waals surface area contributed by atoms with Crippen LogP contribution in [0.2, 0.25) is 0 Å². The van der Waals surface area contributed by atoms with Crippen LogP contribution in [0.5, 0.6) is 5.75 Å². The number of nitrogens with zero attached hydrogens (tertiary/aromatic N) is 3. The van der Waals surface area contributed by atoms with Gasteiger partial charge in [-0.2, -0.15) is 0 Å². The molecule has 1 aliphatic carbocycles. The number of fused-ring (bicyclic) bond motifs is 7. The molecule has 306 valence electrons. The summed E-state index contributed by atoms with van der Waals surface area (Å²) in [5, 5.41) is 38.1. The van der Waals surface area contributed by atoms with Crippen molar-refractivity contribution in [3.63, 3.8) is 0 Å². The number of benzene rings is 2. The van der Waals surface area contributed by atoms with Gasteiger partial charge in [-0.25, -0.2) is 4.79 Å². The average Bonchev–Trinajstić information content (AvgIpc) is 3.62. The van der Waals surface area contributed by atoms with E-state index in [0.29, 0.717) is 56.5 Å². The van der Waals surface area contributed by atoms with Crippen molar-refractivity contribution in [2.45, 2.75) is 93.1 Å². The number of carbonyl (C=O) groups excluding carboxylic acids is 2. The number of rotatable bonds is 6. The number of para-hydroxylation sites is 1. The average molecular weight is 783 g/mol. The van der Waals surface area contributed by atoms with Crippen molar-refractivity contribution in [1.29, 1.82) is 0 Å². The van der Waals surface area contributed by atoms with Crippen LogP contribution in [0.3, 0.4) is 0 Å². The molecule has 9 rings (SSSR count). The molecule has 1 aromatic heterocycles. The van der Waals surface area contributed by atoms with Gasteiger partial charge in [-0.3, -0.25) is 14.6 Å². The molecule has 3 fully saturated rings. The Kier molecular flexibility index (Phi) is 9.17. The van der Waals surface area contributed by atoms with Crippen LogP contribution in [0.1, 0.15) is 74.3 Å². The molecule has 0 radical (unpaired) electrons. The molecular weight excluding hydrogens is 725 g/mol. The van der Waals surface area contributed by atoms with Crippen molar-refractivity contribution >= 4 is 28.5 Å². The van der Waals surface area contributed by atoms with Crippen molar-refractivity contribution in [2.24, 2.45) is 17.3 Å². The van der Waals surface area contributed by atoms with Crippen LogP contribution < -0.4 is 9.64 Å². The number of carbonyl (C=O) groups is 2. The quantitative estimate of drug-likeness (QED) is 0.214. The second-order valence-electron chi connectivity index (χ2n) is 17.9. The molecule has 57 heavy (non-hydrogen) atoms. The van der Waals surface area contributed by atoms with Gasteiger partial charge in [-0.15, -0.1) is 0 Å². The maximum atomic E-state index is 15.2. The van der Waals surface area contributed by atoms with Crippen LogP contribution in [0.15, 0.2) is 48.6 Å². The number of nitrogens with one attached hydrogen (secondary N) is 1. The fourth-order valence-corrected chi connectivity index (χ4v) is 13.1. The highest BCUT2D eigenvalue weighted by Crippen LogP contribution is 2.63. The molecule has 2 aromatic carbocycles. The SMILES string of the molecule is CCC1(O)CC2CN(CCc3c([nH]c4ccccc34)[C@@](C(=O)OC)(c3cc4c(cc3OC)N(C)C3C5C4CCN4CC=C[C@](CC)(C54)[C@@H](O)[C@]3(O)C(=O)OC)C2)C1. The normalized spacial score (nSPS) is 38.2. The highest BCUT2D eigenvalue weighted by molar-refractivity contribution is 5.94. The van der Waals surface area contributed by atoms with Gasteiger partial charge in [0.05, 0.1) is 33.0 Å². The summed E-state index contributed by atoms with van der Waals surface area (Å²) in [6.07, 6.45) is 6.15. The van der Waals surface area contributed by atoms with E-state index in [1.807, 2.05) is 50.1 Å². The van der Waals surface area contributed by atoms with E-state index in [2.05, 4.69) is 39.1 Å². The Morgan fingerprint density at radius 1 is 0.982 bits per heavy atom. The number of hydrogen-bond acceptors (Lipinski definition) is 11. The zero-order valence-corrected chi connectivity index (χ0v) is 34.1. The fraction of sp³-hybridized carbons (Fsp3) is 0.600. The molecule has 1 saturated carbocycles. The second-order valence-corrected chi connectivity index (χ2v) is 17.9. The molecule has 5 aliphatic heterocycles. The van der Waals surface area contributed by atoms with E-state index in [1.165, 1.54) is 14.2 Å². The predicted octanol–water partition coefficient (Wildman–Crippen LogP) is 3.88. The lowest BCUT2D eigenvalue weighted by Crippen LogP contribution is -2.81. The van der Waals surface area contributed by atoms with Gasteiger partial charge in [0.1, 0.15) is 17.3 Å². The summed E-state index contributed by atoms with van der Waals surface area (Å²) in [6.45, 7) is 7.59. The Morgan fingerprint density at radius 3 is 2.47 bits per heavy atom. The molecule has 12 nitrogen and oxygen atoms in total. The van der Waals surface area contributed by atoms with E-state index in [-0.39, 0.29) is 23.8 Å². The molecule has 0 spiro atoms. The van der Waals surface area contributed by atoms with Crippen LogP contribution in [0.25, 0.3) is 10.9 Å². The first-order valence-electron chi connectivity index (χ1n) is 20.8. The Morgan fingerprint density at radius 2 is 1.75 bits per heavy atom. The van der Waals surface area contributed by atoms with Crippen LogP contribution >= 0.6 is 0 Å². The van der Waals surface area contributed by atoms with Crippen LogP contribution in [-0.4, -0.2) is 133 Å². The summed E-state index contributed by atoms with van der Waals surface area (Å²) in [4.78, 5) is 39.6. The number of aromatic amines is 1. The van der Waals surface area contributed by atoms with E-state index < -0.39 is 46.1 Å². The van der Waals surface area contributed by atoms with Gasteiger partial charge in [0.2, 0.25) is 5.60 Å². The minimum Gasteiger partial charge on any atom is -0.496 e. The van der Waals surface area contributed by atoms with Gasteiger partial charge in [0, 0.05) is 84.5 Å². The Balaban J connectivity index is 1.31. The number of hydrogen-bond donors (Lipinski definition) is 4. The van der Waals surface area contributed by atoms with Crippen molar-refractivity contribution in [3.8, 4) is 5.75 Å². The highest BCUT2D eigenvalue weighted by Gasteiger charge is 2.73. The molecule has 4 N–H and O–H groups in total. The van der Waals surface area contributed by atoms with E-state index in [0.717, 1.165) is 59.5 Å². The standard InChI is InChI=1S/C45H58N4O8/c1-7-42(53)22-26-23-44(40(51)56-5,36-29(14-18-48(24-26)25-42)27-12-9-10-13-32(27)46-36)31-20-30-28-15-19-49-17-11-16-43(8-2)37(49)35(28)38(45(54,39(43)50)41(52)57-6)47(3)33(30)21-34(31)55-4/h9-13,16,20-21,26,28,35,37-39,46,50,53-54H,7-8,14-15,17-19,22-25H2,1-6H3/t26?,28?,35?,37?,38?,39-,42?,43-,44+,45+/m1/s1. The molecule has 7 unspecified atom stereocenters. The summed E-state index contributed by atoms with van der Waals surface area (Å²) < 4.78 is 17.6. The third-order valence-electron chi connectivity index (χ3n) is 15.5. The maximum Gasteiger partial charge on any atom is 0.342 e. The van der Waals surface area contributed by atoms with Gasteiger partial charge < -0.3 is 39.4 Å². The topological polar surface area (TPSA) is 148 Å². The Labute approximate surface area is 334 Å². The van der Waals surface area contributed by atoms with Crippen LogP contribution in [0.4, 0.5) is 5.69 Å². The van der Waals surface area contributed by atoms with Crippen molar-refractivity contribution in [2.75, 3.05) is 66.0 Å². The molecule has 3 aromatic rings. The van der Waals surface area contributed by atoms with Crippen molar-refractivity contribution in [3.05, 3.63) is 70.9 Å². The van der Waals surface area contributed by atoms with Crippen LogP contribution in [0, 0.1) is 17.3 Å². The van der Waals surface area contributed by atoms with Crippen molar-refractivity contribution < 1.29 is 39.1 Å². The number of ether oxygens (including phenoxy) is 3. The first-order chi connectivity index (χ1) is 27.3. The number of methoxy groups -OCH3 is 3. The number of piperidine rings is 2. The second kappa shape index (κ2) is 13.6. The number of anilines is 1. The fourth-order valence-electron chi connectivity index (χ4n) is 13.1. The molecule has 12 heteroatoms. The largest absolute Gasteiger partial charge is 0.496 e. The smallest absolute Gasteiger partial charge is 0.342 e. The minimum absolute atomic E-state index is 0.0507. The zero-order valence-electron chi connectivity index (χ0n) is 34.1. The molecule has 6 aliphatic rings. The first kappa shape index (κ1) is 38.6. The number of aromatic nitrogens is 1. The number of esters is 2.